The van der Waals surface area contributed by atoms with Crippen LogP contribution in [0.15, 0.2) is 48.7 Å². The highest BCUT2D eigenvalue weighted by Gasteiger charge is 2.12. The Balaban J connectivity index is 0.000000159. The van der Waals surface area contributed by atoms with Crippen LogP contribution in [0.3, 0.4) is 0 Å². The molecular formula is C20H23ClN4O2. The van der Waals surface area contributed by atoms with Gasteiger partial charge in [-0.3, -0.25) is 4.68 Å². The number of halogens is 1. The Labute approximate surface area is 163 Å². The monoisotopic (exact) mass is 386 g/mol. The summed E-state index contributed by atoms with van der Waals surface area (Å²) in [6.07, 6.45) is 2.70. The van der Waals surface area contributed by atoms with Crippen molar-refractivity contribution >= 4 is 34.5 Å². The fraction of sp³-hybridized carbons (Fsp3) is 0.300. The van der Waals surface area contributed by atoms with E-state index in [-0.39, 0.29) is 0 Å². The standard InChI is InChI=1S/C11H15ClN2O.C9H8N2O/c1-15-11-8-9(2-3-10(11)12)14-6-4-13-5-7-14;12-6-5-11-7-8-3-1-2-4-9(8)10-11/h2-3,8,13H,4-7H2,1H3;1-4,6-7H,5H2. The number of hydrogen-bond acceptors (Lipinski definition) is 5. The van der Waals surface area contributed by atoms with Crippen LogP contribution in [0.4, 0.5) is 5.69 Å². The number of ether oxygens (including phenoxy) is 1. The Morgan fingerprint density at radius 2 is 2.00 bits per heavy atom. The third-order valence-electron chi connectivity index (χ3n) is 4.34. The number of piperazine rings is 1. The van der Waals surface area contributed by atoms with E-state index in [2.05, 4.69) is 15.3 Å². The van der Waals surface area contributed by atoms with Crippen molar-refractivity contribution in [1.82, 2.24) is 15.1 Å². The van der Waals surface area contributed by atoms with Gasteiger partial charge in [-0.05, 0) is 18.2 Å². The van der Waals surface area contributed by atoms with E-state index in [9.17, 15) is 4.79 Å². The molecule has 7 heteroatoms. The van der Waals surface area contributed by atoms with Crippen LogP contribution in [0.5, 0.6) is 5.75 Å². The lowest BCUT2D eigenvalue weighted by atomic mass is 10.2. The SMILES string of the molecule is COc1cc(N2CCNCC2)ccc1Cl.O=CCn1cc2ccccc2n1. The van der Waals surface area contributed by atoms with Crippen molar-refractivity contribution in [1.29, 1.82) is 0 Å². The highest BCUT2D eigenvalue weighted by atomic mass is 35.5. The molecule has 6 nitrogen and oxygen atoms in total. The third-order valence-corrected chi connectivity index (χ3v) is 4.65. The van der Waals surface area contributed by atoms with Crippen LogP contribution in [-0.2, 0) is 11.3 Å². The van der Waals surface area contributed by atoms with Gasteiger partial charge in [0.1, 0.15) is 12.0 Å². The molecule has 1 saturated heterocycles. The zero-order chi connectivity index (χ0) is 19.1. The first-order valence-corrected chi connectivity index (χ1v) is 9.24. The molecule has 1 aromatic heterocycles. The first-order chi connectivity index (χ1) is 13.2. The summed E-state index contributed by atoms with van der Waals surface area (Å²) in [6.45, 7) is 4.46. The summed E-state index contributed by atoms with van der Waals surface area (Å²) in [5.41, 5.74) is 2.11. The minimum absolute atomic E-state index is 0.328. The first-order valence-electron chi connectivity index (χ1n) is 8.86. The molecule has 2 heterocycles. The van der Waals surface area contributed by atoms with Gasteiger partial charge < -0.3 is 19.7 Å². The Morgan fingerprint density at radius 1 is 1.22 bits per heavy atom. The Morgan fingerprint density at radius 3 is 2.70 bits per heavy atom. The zero-order valence-corrected chi connectivity index (χ0v) is 16.0. The summed E-state index contributed by atoms with van der Waals surface area (Å²) in [5.74, 6) is 0.743. The van der Waals surface area contributed by atoms with Gasteiger partial charge in [0.25, 0.3) is 0 Å². The zero-order valence-electron chi connectivity index (χ0n) is 15.3. The normalized spacial score (nSPS) is 13.8. The van der Waals surface area contributed by atoms with Crippen LogP contribution in [-0.4, -0.2) is 49.4 Å². The fourth-order valence-electron chi connectivity index (χ4n) is 2.95. The van der Waals surface area contributed by atoms with Crippen LogP contribution < -0.4 is 15.0 Å². The van der Waals surface area contributed by atoms with Crippen molar-refractivity contribution in [2.24, 2.45) is 0 Å². The van der Waals surface area contributed by atoms with E-state index in [1.807, 2.05) is 48.7 Å². The number of carbonyl (C=O) groups excluding carboxylic acids is 1. The lowest BCUT2D eigenvalue weighted by Gasteiger charge is -2.29. The molecule has 1 aliphatic rings. The molecule has 0 amide bonds. The van der Waals surface area contributed by atoms with Gasteiger partial charge in [-0.15, -0.1) is 0 Å². The summed E-state index contributed by atoms with van der Waals surface area (Å²) in [7, 11) is 1.64. The minimum Gasteiger partial charge on any atom is -0.495 e. The number of rotatable bonds is 4. The maximum atomic E-state index is 10.2. The topological polar surface area (TPSA) is 59.4 Å². The number of carbonyl (C=O) groups is 1. The van der Waals surface area contributed by atoms with Crippen molar-refractivity contribution in [3.63, 3.8) is 0 Å². The summed E-state index contributed by atoms with van der Waals surface area (Å²) >= 11 is 5.98. The largest absolute Gasteiger partial charge is 0.495 e. The van der Waals surface area contributed by atoms with Crippen molar-refractivity contribution < 1.29 is 9.53 Å². The molecule has 142 valence electrons. The molecule has 0 unspecified atom stereocenters. The third kappa shape index (κ3) is 4.99. The summed E-state index contributed by atoms with van der Waals surface area (Å²) in [6, 6.07) is 13.7. The Bertz CT molecular complexity index is 858. The van der Waals surface area contributed by atoms with E-state index < -0.39 is 0 Å². The van der Waals surface area contributed by atoms with Crippen LogP contribution in [0.2, 0.25) is 5.02 Å². The quantitative estimate of drug-likeness (QED) is 0.698. The van der Waals surface area contributed by atoms with Gasteiger partial charge >= 0.3 is 0 Å². The van der Waals surface area contributed by atoms with E-state index in [1.165, 1.54) is 5.69 Å². The van der Waals surface area contributed by atoms with Crippen LogP contribution in [0, 0.1) is 0 Å². The van der Waals surface area contributed by atoms with Crippen molar-refractivity contribution in [2.75, 3.05) is 38.2 Å². The number of aromatic nitrogens is 2. The number of methoxy groups -OCH3 is 1. The molecule has 0 atom stereocenters. The number of benzene rings is 2. The van der Waals surface area contributed by atoms with E-state index in [0.717, 1.165) is 49.1 Å². The van der Waals surface area contributed by atoms with E-state index in [1.54, 1.807) is 11.8 Å². The van der Waals surface area contributed by atoms with Gasteiger partial charge in [0.15, 0.2) is 0 Å². The minimum atomic E-state index is 0.328. The molecule has 2 aromatic carbocycles. The molecule has 0 radical (unpaired) electrons. The average molecular weight is 387 g/mol. The number of anilines is 1. The van der Waals surface area contributed by atoms with Gasteiger partial charge in [-0.2, -0.15) is 5.10 Å². The van der Waals surface area contributed by atoms with Crippen LogP contribution >= 0.6 is 11.6 Å². The van der Waals surface area contributed by atoms with Gasteiger partial charge in [-0.1, -0.05) is 29.8 Å². The number of fused-ring (bicyclic) bond motifs is 1. The maximum Gasteiger partial charge on any atom is 0.141 e. The lowest BCUT2D eigenvalue weighted by molar-refractivity contribution is -0.108. The Kier molecular flexibility index (Phi) is 6.68. The smallest absolute Gasteiger partial charge is 0.141 e. The summed E-state index contributed by atoms with van der Waals surface area (Å²) in [5, 5.41) is 9.25. The predicted octanol–water partition coefficient (Wildman–Crippen LogP) is 2.99. The van der Waals surface area contributed by atoms with E-state index >= 15 is 0 Å². The van der Waals surface area contributed by atoms with Crippen LogP contribution in [0.1, 0.15) is 0 Å². The highest BCUT2D eigenvalue weighted by Crippen LogP contribution is 2.29. The lowest BCUT2D eigenvalue weighted by Crippen LogP contribution is -2.43. The summed E-state index contributed by atoms with van der Waals surface area (Å²) in [4.78, 5) is 12.5. The summed E-state index contributed by atoms with van der Waals surface area (Å²) < 4.78 is 6.84. The number of hydrogen-bond donors (Lipinski definition) is 1. The molecule has 27 heavy (non-hydrogen) atoms. The highest BCUT2D eigenvalue weighted by molar-refractivity contribution is 6.32. The second-order valence-electron chi connectivity index (χ2n) is 6.13. The average Bonchev–Trinajstić information content (AvgIpc) is 3.12. The molecule has 4 rings (SSSR count). The first kappa shape index (κ1) is 19.2. The van der Waals surface area contributed by atoms with Gasteiger partial charge in [-0.25, -0.2) is 0 Å². The fourth-order valence-corrected chi connectivity index (χ4v) is 3.15. The molecule has 3 aromatic rings. The molecule has 0 bridgehead atoms. The van der Waals surface area contributed by atoms with Gasteiger partial charge in [0.2, 0.25) is 0 Å². The molecule has 0 spiro atoms. The molecule has 1 N–H and O–H groups in total. The van der Waals surface area contributed by atoms with Gasteiger partial charge in [0, 0.05) is 49.5 Å². The van der Waals surface area contributed by atoms with Crippen molar-refractivity contribution in [3.8, 4) is 5.75 Å². The van der Waals surface area contributed by atoms with Gasteiger partial charge in [0.05, 0.1) is 24.2 Å². The van der Waals surface area contributed by atoms with E-state index in [4.69, 9.17) is 16.3 Å². The number of nitrogens with one attached hydrogen (secondary N) is 1. The molecule has 1 aliphatic heterocycles. The van der Waals surface area contributed by atoms with Crippen molar-refractivity contribution in [2.45, 2.75) is 6.54 Å². The second-order valence-corrected chi connectivity index (χ2v) is 6.54. The number of aldehydes is 1. The maximum absolute atomic E-state index is 10.2. The molecular weight excluding hydrogens is 364 g/mol. The Hall–Kier alpha value is -2.57. The van der Waals surface area contributed by atoms with E-state index in [0.29, 0.717) is 11.6 Å². The molecule has 0 aliphatic carbocycles. The second kappa shape index (κ2) is 9.39. The predicted molar refractivity (Wildman–Crippen MR) is 109 cm³/mol. The number of nitrogens with zero attached hydrogens (tertiary/aromatic N) is 3. The van der Waals surface area contributed by atoms with Crippen LogP contribution in [0.25, 0.3) is 10.9 Å². The molecule has 0 saturated carbocycles. The van der Waals surface area contributed by atoms with Crippen molar-refractivity contribution in [3.05, 3.63) is 53.7 Å². The molecule has 1 fully saturated rings.